The molecule has 2 bridgehead atoms. The van der Waals surface area contributed by atoms with E-state index in [0.29, 0.717) is 6.04 Å². The summed E-state index contributed by atoms with van der Waals surface area (Å²) in [6, 6.07) is 15.1. The molecule has 2 aromatic rings. The Bertz CT molecular complexity index is 649. The Morgan fingerprint density at radius 2 is 1.75 bits per heavy atom. The zero-order chi connectivity index (χ0) is 16.4. The maximum atomic E-state index is 5.64. The van der Waals surface area contributed by atoms with E-state index in [0.717, 1.165) is 16.9 Å². The smallest absolute Gasteiger partial charge is 0.167 e. The van der Waals surface area contributed by atoms with E-state index in [9.17, 15) is 0 Å². The Morgan fingerprint density at radius 1 is 1.00 bits per heavy atom. The van der Waals surface area contributed by atoms with Crippen LogP contribution in [0.4, 0.5) is 0 Å². The van der Waals surface area contributed by atoms with Crippen molar-refractivity contribution < 1.29 is 0 Å². The van der Waals surface area contributed by atoms with Crippen molar-refractivity contribution >= 4 is 17.3 Å². The van der Waals surface area contributed by atoms with Gasteiger partial charge in [0.05, 0.1) is 6.04 Å². The Balaban J connectivity index is 1.48. The molecule has 0 aliphatic heterocycles. The van der Waals surface area contributed by atoms with Gasteiger partial charge in [0.1, 0.15) is 0 Å². The molecular weight excluding hydrogens is 314 g/mol. The lowest BCUT2D eigenvalue weighted by Gasteiger charge is -2.27. The fraction of sp³-hybridized carbons (Fsp3) is 0.400. The van der Waals surface area contributed by atoms with Gasteiger partial charge < -0.3 is 10.6 Å². The molecule has 0 saturated heterocycles. The summed E-state index contributed by atoms with van der Waals surface area (Å²) >= 11 is 5.64. The highest BCUT2D eigenvalue weighted by atomic mass is 32.1. The number of hydrogen-bond donors (Lipinski definition) is 2. The normalized spacial score (nSPS) is 26.1. The van der Waals surface area contributed by atoms with Gasteiger partial charge in [0.2, 0.25) is 0 Å². The summed E-state index contributed by atoms with van der Waals surface area (Å²) in [5, 5.41) is 7.88. The molecule has 2 N–H and O–H groups in total. The van der Waals surface area contributed by atoms with Gasteiger partial charge in [0.25, 0.3) is 0 Å². The van der Waals surface area contributed by atoms with Crippen molar-refractivity contribution in [2.24, 2.45) is 11.8 Å². The van der Waals surface area contributed by atoms with Gasteiger partial charge in [0.15, 0.2) is 5.11 Å². The van der Waals surface area contributed by atoms with Crippen molar-refractivity contribution in [1.82, 2.24) is 15.6 Å². The first-order chi connectivity index (χ1) is 11.8. The maximum Gasteiger partial charge on any atom is 0.167 e. The van der Waals surface area contributed by atoms with E-state index in [1.165, 1.54) is 36.8 Å². The summed E-state index contributed by atoms with van der Waals surface area (Å²) in [4.78, 5) is 4.13. The Labute approximate surface area is 148 Å². The van der Waals surface area contributed by atoms with Crippen LogP contribution in [-0.2, 0) is 0 Å². The van der Waals surface area contributed by atoms with E-state index in [-0.39, 0.29) is 6.04 Å². The van der Waals surface area contributed by atoms with Crippen LogP contribution >= 0.6 is 12.2 Å². The van der Waals surface area contributed by atoms with E-state index >= 15 is 0 Å². The number of nitrogens with zero attached hydrogens (tertiary/aromatic N) is 1. The molecule has 1 aromatic heterocycles. The SMILES string of the molecule is S=C(N[C@@H](c1ccccc1)c1ccncc1)N[C@H]1C[C@H]2CC[C@H]1C2. The highest BCUT2D eigenvalue weighted by Crippen LogP contribution is 2.44. The Morgan fingerprint density at radius 3 is 2.42 bits per heavy atom. The Kier molecular flexibility index (Phi) is 4.48. The van der Waals surface area contributed by atoms with Gasteiger partial charge in [-0.15, -0.1) is 0 Å². The molecule has 124 valence electrons. The van der Waals surface area contributed by atoms with E-state index in [1.807, 2.05) is 30.6 Å². The van der Waals surface area contributed by atoms with Crippen LogP contribution in [0.25, 0.3) is 0 Å². The second kappa shape index (κ2) is 6.89. The highest BCUT2D eigenvalue weighted by Gasteiger charge is 2.39. The lowest BCUT2D eigenvalue weighted by Crippen LogP contribution is -2.45. The van der Waals surface area contributed by atoms with Crippen molar-refractivity contribution in [2.45, 2.75) is 37.8 Å². The van der Waals surface area contributed by atoms with Gasteiger partial charge in [-0.25, -0.2) is 0 Å². The first-order valence-electron chi connectivity index (χ1n) is 8.81. The molecule has 4 heteroatoms. The number of fused-ring (bicyclic) bond motifs is 2. The van der Waals surface area contributed by atoms with Gasteiger partial charge in [-0.3, -0.25) is 4.98 Å². The quantitative estimate of drug-likeness (QED) is 0.832. The van der Waals surface area contributed by atoms with Crippen LogP contribution in [-0.4, -0.2) is 16.1 Å². The molecule has 1 aromatic carbocycles. The Hall–Kier alpha value is -1.94. The van der Waals surface area contributed by atoms with Crippen LogP contribution in [0, 0.1) is 11.8 Å². The third kappa shape index (κ3) is 3.29. The van der Waals surface area contributed by atoms with Crippen LogP contribution < -0.4 is 10.6 Å². The number of benzene rings is 1. The van der Waals surface area contributed by atoms with Gasteiger partial charge in [-0.05, 0) is 66.6 Å². The maximum absolute atomic E-state index is 5.64. The summed E-state index contributed by atoms with van der Waals surface area (Å²) in [5.74, 6) is 1.73. The lowest BCUT2D eigenvalue weighted by atomic mass is 9.95. The molecule has 2 aliphatic rings. The number of pyridine rings is 1. The number of thiocarbonyl (C=S) groups is 1. The molecule has 0 spiro atoms. The minimum absolute atomic E-state index is 0.0489. The molecule has 2 aliphatic carbocycles. The zero-order valence-corrected chi connectivity index (χ0v) is 14.5. The molecule has 0 amide bonds. The lowest BCUT2D eigenvalue weighted by molar-refractivity contribution is 0.388. The first-order valence-corrected chi connectivity index (χ1v) is 9.22. The molecule has 24 heavy (non-hydrogen) atoms. The molecule has 4 rings (SSSR count). The zero-order valence-electron chi connectivity index (χ0n) is 13.7. The van der Waals surface area contributed by atoms with Crippen molar-refractivity contribution in [3.8, 4) is 0 Å². The van der Waals surface area contributed by atoms with E-state index < -0.39 is 0 Å². The third-order valence-corrected chi connectivity index (χ3v) is 5.74. The number of hydrogen-bond acceptors (Lipinski definition) is 2. The predicted octanol–water partition coefficient (Wildman–Crippen LogP) is 3.82. The van der Waals surface area contributed by atoms with Crippen LogP contribution in [0.2, 0.25) is 0 Å². The average molecular weight is 337 g/mol. The predicted molar refractivity (Wildman–Crippen MR) is 101 cm³/mol. The number of nitrogens with one attached hydrogen (secondary N) is 2. The van der Waals surface area contributed by atoms with E-state index in [2.05, 4.69) is 39.9 Å². The molecular formula is C20H23N3S. The van der Waals surface area contributed by atoms with Gasteiger partial charge in [-0.1, -0.05) is 36.8 Å². The topological polar surface area (TPSA) is 37.0 Å². The number of aromatic nitrogens is 1. The molecule has 0 unspecified atom stereocenters. The summed E-state index contributed by atoms with van der Waals surface area (Å²) in [5.41, 5.74) is 2.38. The third-order valence-electron chi connectivity index (χ3n) is 5.50. The second-order valence-corrected chi connectivity index (χ2v) is 7.43. The molecule has 4 atom stereocenters. The summed E-state index contributed by atoms with van der Waals surface area (Å²) in [6.45, 7) is 0. The summed E-state index contributed by atoms with van der Waals surface area (Å²) in [6.07, 6.45) is 9.09. The van der Waals surface area contributed by atoms with Gasteiger partial charge in [0, 0.05) is 18.4 Å². The monoisotopic (exact) mass is 337 g/mol. The van der Waals surface area contributed by atoms with Crippen molar-refractivity contribution in [3.63, 3.8) is 0 Å². The van der Waals surface area contributed by atoms with E-state index in [4.69, 9.17) is 12.2 Å². The van der Waals surface area contributed by atoms with Crippen LogP contribution in [0.1, 0.15) is 42.9 Å². The number of rotatable bonds is 4. The summed E-state index contributed by atoms with van der Waals surface area (Å²) in [7, 11) is 0. The van der Waals surface area contributed by atoms with Crippen molar-refractivity contribution in [2.75, 3.05) is 0 Å². The minimum Gasteiger partial charge on any atom is -0.360 e. The summed E-state index contributed by atoms with van der Waals surface area (Å²) < 4.78 is 0. The molecule has 3 nitrogen and oxygen atoms in total. The average Bonchev–Trinajstić information content (AvgIpc) is 3.24. The van der Waals surface area contributed by atoms with Crippen LogP contribution in [0.5, 0.6) is 0 Å². The van der Waals surface area contributed by atoms with Crippen LogP contribution in [0.3, 0.4) is 0 Å². The van der Waals surface area contributed by atoms with E-state index in [1.54, 1.807) is 0 Å². The fourth-order valence-electron chi connectivity index (χ4n) is 4.32. The van der Waals surface area contributed by atoms with Gasteiger partial charge in [-0.2, -0.15) is 0 Å². The molecule has 1 heterocycles. The van der Waals surface area contributed by atoms with Crippen molar-refractivity contribution in [3.05, 3.63) is 66.0 Å². The fourth-order valence-corrected chi connectivity index (χ4v) is 4.59. The molecule has 2 fully saturated rings. The molecule has 0 radical (unpaired) electrons. The largest absolute Gasteiger partial charge is 0.360 e. The van der Waals surface area contributed by atoms with Gasteiger partial charge >= 0.3 is 0 Å². The van der Waals surface area contributed by atoms with Crippen molar-refractivity contribution in [1.29, 1.82) is 0 Å². The standard InChI is InChI=1S/C20H23N3S/c24-20(22-18-13-14-6-7-17(18)12-14)23-19(15-4-2-1-3-5-15)16-8-10-21-11-9-16/h1-5,8-11,14,17-19H,6-7,12-13H2,(H2,22,23,24)/t14-,17-,18-,19-/m0/s1. The van der Waals surface area contributed by atoms with Crippen LogP contribution in [0.15, 0.2) is 54.9 Å². The first kappa shape index (κ1) is 15.6. The molecule has 2 saturated carbocycles. The highest BCUT2D eigenvalue weighted by molar-refractivity contribution is 7.80. The second-order valence-electron chi connectivity index (χ2n) is 7.02. The minimum atomic E-state index is 0.0489.